The van der Waals surface area contributed by atoms with Crippen LogP contribution in [0.5, 0.6) is 0 Å². The summed E-state index contributed by atoms with van der Waals surface area (Å²) in [5, 5.41) is 0. The fourth-order valence-electron chi connectivity index (χ4n) is 5.02. The van der Waals surface area contributed by atoms with Gasteiger partial charge in [-0.1, -0.05) is 0 Å². The van der Waals surface area contributed by atoms with Crippen molar-refractivity contribution in [2.24, 2.45) is 0 Å². The van der Waals surface area contributed by atoms with Crippen LogP contribution in [-0.4, -0.2) is 0 Å². The Morgan fingerprint density at radius 3 is 2.53 bits per heavy atom. The average Bonchev–Trinajstić information content (AvgIpc) is 3.36. The molecule has 0 amide bonds. The Bertz CT molecular complexity index is 1320. The average molecular weight is 611 g/mol. The first-order valence-electron chi connectivity index (χ1n) is 9.75. The fraction of sp³-hybridized carbons (Fsp3) is 0.0833. The van der Waals surface area contributed by atoms with E-state index >= 15 is 0 Å². The Labute approximate surface area is 200 Å². The molecule has 149 valence electrons. The molecule has 6 heteroatoms. The third kappa shape index (κ3) is 2.91. The van der Waals surface area contributed by atoms with Gasteiger partial charge in [0.2, 0.25) is 0 Å². The van der Waals surface area contributed by atoms with Crippen molar-refractivity contribution in [2.75, 3.05) is 0 Å². The van der Waals surface area contributed by atoms with Gasteiger partial charge in [-0.2, -0.15) is 0 Å². The van der Waals surface area contributed by atoms with Crippen molar-refractivity contribution in [1.82, 2.24) is 0 Å². The summed E-state index contributed by atoms with van der Waals surface area (Å²) in [6.45, 7) is 0. The van der Waals surface area contributed by atoms with E-state index in [2.05, 4.69) is 88.7 Å². The zero-order valence-corrected chi connectivity index (χ0v) is 23.0. The van der Waals surface area contributed by atoms with Crippen LogP contribution in [0.15, 0.2) is 75.5 Å². The maximum absolute atomic E-state index is 7.52. The Balaban J connectivity index is 1.56. The van der Waals surface area contributed by atoms with Gasteiger partial charge in [0, 0.05) is 0 Å². The van der Waals surface area contributed by atoms with Crippen molar-refractivity contribution in [2.45, 2.75) is 12.3 Å². The summed E-state index contributed by atoms with van der Waals surface area (Å²) in [6.07, 6.45) is 5.38. The molecule has 0 bridgehead atoms. The molecule has 1 heterocycles. The van der Waals surface area contributed by atoms with Crippen LogP contribution in [0.2, 0.25) is 0 Å². The first-order valence-corrected chi connectivity index (χ1v) is 23.9. The fourth-order valence-corrected chi connectivity index (χ4v) is 19.3. The molecule has 0 nitrogen and oxygen atoms in total. The van der Waals surface area contributed by atoms with Crippen LogP contribution in [0.3, 0.4) is 0 Å². The van der Waals surface area contributed by atoms with Crippen molar-refractivity contribution < 1.29 is 14.9 Å². The number of fused-ring (bicyclic) bond motifs is 6. The Kier molecular flexibility index (Phi) is 4.68. The van der Waals surface area contributed by atoms with Crippen LogP contribution in [0.4, 0.5) is 0 Å². The standard InChI is InChI=1S/C13H9.C11H6BrS.2ClH.H2S.Zr/c1-3-7-12-10(5-1)9-11-6-2-4-8-13(11)12;12-11-6-9-8-4-2-1-3-7(8)5-10(9)13-11;;;;/h1-5,7-8H,9H2;1-2,4-6,9H;2*1H;1H2;/q;;;;;+3/p-3. The van der Waals surface area contributed by atoms with Gasteiger partial charge < -0.3 is 0 Å². The van der Waals surface area contributed by atoms with E-state index in [0.29, 0.717) is 0 Å². The number of rotatable bonds is 2. The van der Waals surface area contributed by atoms with Crippen molar-refractivity contribution in [3.8, 4) is 11.1 Å². The van der Waals surface area contributed by atoms with Gasteiger partial charge in [-0.3, -0.25) is 0 Å². The normalized spacial score (nSPS) is 19.9. The molecular formula is C24H16BrCl2S2Zr. The van der Waals surface area contributed by atoms with E-state index in [1.54, 1.807) is 11.8 Å². The second-order valence-corrected chi connectivity index (χ2v) is 36.4. The third-order valence-electron chi connectivity index (χ3n) is 6.35. The SMILES string of the molecule is [SH][Zr]([Cl])([Cl])([c]1cccc2c1C=C1SC(Br)=CC12)[c]1cccc2c1Cc1ccccc1-2. The van der Waals surface area contributed by atoms with Gasteiger partial charge >= 0.3 is 203 Å². The van der Waals surface area contributed by atoms with Gasteiger partial charge in [0.1, 0.15) is 0 Å². The Morgan fingerprint density at radius 2 is 1.67 bits per heavy atom. The summed E-state index contributed by atoms with van der Waals surface area (Å²) < 4.78 is 3.24. The molecule has 0 aromatic heterocycles. The number of hydrogen-bond donors (Lipinski definition) is 1. The van der Waals surface area contributed by atoms with Gasteiger partial charge in [-0.05, 0) is 0 Å². The number of thioether (sulfide) groups is 1. The van der Waals surface area contributed by atoms with Gasteiger partial charge in [-0.15, -0.1) is 0 Å². The molecule has 1 aliphatic heterocycles. The van der Waals surface area contributed by atoms with Gasteiger partial charge in [0.15, 0.2) is 0 Å². The summed E-state index contributed by atoms with van der Waals surface area (Å²) in [7, 11) is 20.2. The molecule has 3 aliphatic rings. The van der Waals surface area contributed by atoms with E-state index in [0.717, 1.165) is 13.0 Å². The van der Waals surface area contributed by atoms with E-state index < -0.39 is 14.9 Å². The molecule has 0 radical (unpaired) electrons. The summed E-state index contributed by atoms with van der Waals surface area (Å²) >= 11 is 0.569. The number of allylic oxidation sites excluding steroid dienone is 2. The number of thiol groups is 1. The summed E-state index contributed by atoms with van der Waals surface area (Å²) in [6, 6.07) is 21.3. The third-order valence-corrected chi connectivity index (χ3v) is 22.4. The van der Waals surface area contributed by atoms with Crippen LogP contribution in [-0.2, 0) is 21.4 Å². The monoisotopic (exact) mass is 607 g/mol. The number of halogens is 3. The molecule has 2 aliphatic carbocycles. The van der Waals surface area contributed by atoms with Gasteiger partial charge in [-0.25, -0.2) is 0 Å². The van der Waals surface area contributed by atoms with Crippen molar-refractivity contribution in [3.05, 3.63) is 97.7 Å². The quantitative estimate of drug-likeness (QED) is 0.230. The summed E-state index contributed by atoms with van der Waals surface area (Å²) in [4.78, 5) is 1.32. The van der Waals surface area contributed by atoms with Gasteiger partial charge in [0.05, 0.1) is 0 Å². The molecule has 30 heavy (non-hydrogen) atoms. The summed E-state index contributed by atoms with van der Waals surface area (Å²) in [5.41, 5.74) is 7.53. The predicted octanol–water partition coefficient (Wildman–Crippen LogP) is 7.47. The molecule has 0 N–H and O–H groups in total. The summed E-state index contributed by atoms with van der Waals surface area (Å²) in [5.74, 6) is 0.289. The second kappa shape index (κ2) is 6.89. The van der Waals surface area contributed by atoms with Crippen LogP contribution in [0, 0.1) is 0 Å². The molecule has 0 saturated heterocycles. The molecular weight excluding hydrogens is 594 g/mol. The first kappa shape index (κ1) is 20.4. The molecule has 1 unspecified atom stereocenters. The zero-order valence-electron chi connectivity index (χ0n) is 15.7. The van der Waals surface area contributed by atoms with E-state index in [9.17, 15) is 0 Å². The van der Waals surface area contributed by atoms with E-state index in [-0.39, 0.29) is 5.92 Å². The second-order valence-electron chi connectivity index (χ2n) is 8.04. The van der Waals surface area contributed by atoms with Crippen molar-refractivity contribution >= 4 is 66.7 Å². The number of benzene rings is 3. The van der Waals surface area contributed by atoms with E-state index in [1.807, 2.05) is 0 Å². The van der Waals surface area contributed by atoms with Crippen molar-refractivity contribution in [3.63, 3.8) is 0 Å². The van der Waals surface area contributed by atoms with E-state index in [1.165, 1.54) is 42.1 Å². The van der Waals surface area contributed by atoms with Gasteiger partial charge in [0.25, 0.3) is 0 Å². The zero-order chi connectivity index (χ0) is 20.7. The first-order chi connectivity index (χ1) is 14.3. The van der Waals surface area contributed by atoms with Crippen LogP contribution < -0.4 is 6.54 Å². The molecule has 3 aromatic rings. The topological polar surface area (TPSA) is 0 Å². The van der Waals surface area contributed by atoms with Crippen molar-refractivity contribution in [1.29, 1.82) is 0 Å². The Hall–Kier alpha value is -0.217. The Morgan fingerprint density at radius 1 is 0.933 bits per heavy atom. The van der Waals surface area contributed by atoms with E-state index in [4.69, 9.17) is 26.4 Å². The number of hydrogen-bond acceptors (Lipinski definition) is 2. The molecule has 6 rings (SSSR count). The predicted molar refractivity (Wildman–Crippen MR) is 136 cm³/mol. The maximum atomic E-state index is 7.52. The molecule has 3 aromatic carbocycles. The van der Waals surface area contributed by atoms with Crippen LogP contribution >= 0.6 is 54.1 Å². The molecule has 0 saturated carbocycles. The molecule has 1 atom stereocenters. The van der Waals surface area contributed by atoms with Crippen LogP contribution in [0.25, 0.3) is 17.2 Å². The van der Waals surface area contributed by atoms with Crippen LogP contribution in [0.1, 0.15) is 28.2 Å². The molecule has 0 fully saturated rings. The molecule has 0 spiro atoms. The minimum absolute atomic E-state index is 0.289. The minimum atomic E-state index is -4.83.